The molecule has 10 heteroatoms. The fourth-order valence-electron chi connectivity index (χ4n) is 1.73. The third kappa shape index (κ3) is 3.94. The molecule has 0 aliphatic carbocycles. The summed E-state index contributed by atoms with van der Waals surface area (Å²) in [5, 5.41) is 3.59. The number of carbonyl (C=O) groups excluding carboxylic acids is 1. The molecule has 24 heavy (non-hydrogen) atoms. The molecule has 1 aromatic carbocycles. The van der Waals surface area contributed by atoms with Crippen molar-refractivity contribution in [1.82, 2.24) is 9.78 Å². The van der Waals surface area contributed by atoms with E-state index in [-0.39, 0.29) is 11.8 Å². The first-order chi connectivity index (χ1) is 11.0. The number of esters is 1. The fraction of sp³-hybridized carbons (Fsp3) is 0.143. The molecule has 2 aromatic rings. The molecule has 0 amide bonds. The number of nitrogens with zero attached hydrogens (tertiary/aromatic N) is 2. The third-order valence-electron chi connectivity index (χ3n) is 2.78. The molecule has 0 aliphatic heterocycles. The van der Waals surface area contributed by atoms with Gasteiger partial charge in [-0.25, -0.2) is 9.48 Å². The summed E-state index contributed by atoms with van der Waals surface area (Å²) in [7, 11) is 0. The number of benzene rings is 1. The average Bonchev–Trinajstić information content (AvgIpc) is 2.93. The standard InChI is InChI=1S/C14H8F6N2O2/c1-2-12(23)24-11-6-21-22(7-11)10-4-8(13(15,16)17)3-9(5-10)14(18,19)20/h2-7H,1H2. The largest absolute Gasteiger partial charge is 0.420 e. The molecule has 1 heterocycles. The van der Waals surface area contributed by atoms with Crippen molar-refractivity contribution < 1.29 is 35.9 Å². The molecule has 0 N–H and O–H groups in total. The van der Waals surface area contributed by atoms with Gasteiger partial charge in [0.05, 0.1) is 29.2 Å². The molecule has 0 unspecified atom stereocenters. The van der Waals surface area contributed by atoms with Gasteiger partial charge < -0.3 is 4.74 Å². The van der Waals surface area contributed by atoms with Crippen LogP contribution in [0.15, 0.2) is 43.2 Å². The minimum absolute atomic E-state index is 0.00560. The first kappa shape index (κ1) is 17.6. The van der Waals surface area contributed by atoms with E-state index in [9.17, 15) is 31.1 Å². The smallest absolute Gasteiger partial charge is 0.416 e. The number of ether oxygens (including phenoxy) is 1. The van der Waals surface area contributed by atoms with E-state index in [0.717, 1.165) is 23.2 Å². The summed E-state index contributed by atoms with van der Waals surface area (Å²) in [5.74, 6) is -1.01. The zero-order valence-electron chi connectivity index (χ0n) is 11.6. The maximum atomic E-state index is 12.8. The van der Waals surface area contributed by atoms with Crippen LogP contribution < -0.4 is 4.74 Å². The molecule has 4 nitrogen and oxygen atoms in total. The van der Waals surface area contributed by atoms with E-state index in [0.29, 0.717) is 12.1 Å². The first-order valence-electron chi connectivity index (χ1n) is 6.19. The van der Waals surface area contributed by atoms with Crippen molar-refractivity contribution >= 4 is 5.97 Å². The molecule has 0 atom stereocenters. The van der Waals surface area contributed by atoms with Gasteiger partial charge >= 0.3 is 18.3 Å². The molecule has 2 rings (SSSR count). The van der Waals surface area contributed by atoms with Crippen molar-refractivity contribution in [2.45, 2.75) is 12.4 Å². The van der Waals surface area contributed by atoms with Crippen LogP contribution in [0.25, 0.3) is 5.69 Å². The van der Waals surface area contributed by atoms with Crippen LogP contribution in [0.2, 0.25) is 0 Å². The summed E-state index contributed by atoms with van der Waals surface area (Å²) >= 11 is 0. The number of alkyl halides is 6. The molecule has 0 fully saturated rings. The monoisotopic (exact) mass is 350 g/mol. The summed E-state index contributed by atoms with van der Waals surface area (Å²) < 4.78 is 82.2. The van der Waals surface area contributed by atoms with Crippen molar-refractivity contribution in [1.29, 1.82) is 0 Å². The lowest BCUT2D eigenvalue weighted by Gasteiger charge is -2.14. The van der Waals surface area contributed by atoms with Crippen LogP contribution in [-0.4, -0.2) is 15.7 Å². The normalized spacial score (nSPS) is 12.1. The van der Waals surface area contributed by atoms with Gasteiger partial charge in [-0.1, -0.05) is 6.58 Å². The van der Waals surface area contributed by atoms with Crippen LogP contribution in [-0.2, 0) is 17.1 Å². The zero-order chi connectivity index (χ0) is 18.1. The van der Waals surface area contributed by atoms with Crippen molar-refractivity contribution in [2.24, 2.45) is 0 Å². The zero-order valence-corrected chi connectivity index (χ0v) is 11.6. The Bertz CT molecular complexity index is 744. The van der Waals surface area contributed by atoms with Gasteiger partial charge in [-0.2, -0.15) is 31.4 Å². The lowest BCUT2D eigenvalue weighted by atomic mass is 10.1. The van der Waals surface area contributed by atoms with Gasteiger partial charge in [-0.05, 0) is 18.2 Å². The molecule has 0 saturated carbocycles. The van der Waals surface area contributed by atoms with Gasteiger partial charge in [0.25, 0.3) is 0 Å². The Morgan fingerprint density at radius 2 is 1.62 bits per heavy atom. The lowest BCUT2D eigenvalue weighted by Crippen LogP contribution is -2.12. The van der Waals surface area contributed by atoms with Crippen LogP contribution in [0, 0.1) is 0 Å². The van der Waals surface area contributed by atoms with E-state index >= 15 is 0 Å². The van der Waals surface area contributed by atoms with Crippen LogP contribution >= 0.6 is 0 Å². The second-order valence-electron chi connectivity index (χ2n) is 4.51. The molecule has 0 radical (unpaired) electrons. The summed E-state index contributed by atoms with van der Waals surface area (Å²) in [5.41, 5.74) is -3.45. The Balaban J connectivity index is 2.50. The SMILES string of the molecule is C=CC(=O)Oc1cnn(-c2cc(C(F)(F)F)cc(C(F)(F)F)c2)c1. The molecule has 0 aliphatic rings. The molecule has 0 spiro atoms. The highest BCUT2D eigenvalue weighted by Gasteiger charge is 2.37. The highest BCUT2D eigenvalue weighted by atomic mass is 19.4. The number of hydrogen-bond acceptors (Lipinski definition) is 3. The van der Waals surface area contributed by atoms with E-state index in [1.165, 1.54) is 0 Å². The van der Waals surface area contributed by atoms with Gasteiger partial charge in [0.1, 0.15) is 0 Å². The van der Waals surface area contributed by atoms with Gasteiger partial charge in [0.2, 0.25) is 0 Å². The van der Waals surface area contributed by atoms with Gasteiger partial charge in [0.15, 0.2) is 5.75 Å². The first-order valence-corrected chi connectivity index (χ1v) is 6.19. The fourth-order valence-corrected chi connectivity index (χ4v) is 1.73. The number of rotatable bonds is 3. The van der Waals surface area contributed by atoms with Crippen molar-refractivity contribution in [3.63, 3.8) is 0 Å². The van der Waals surface area contributed by atoms with Crippen LogP contribution in [0.4, 0.5) is 26.3 Å². The quantitative estimate of drug-likeness (QED) is 0.477. The van der Waals surface area contributed by atoms with Gasteiger partial charge in [-0.3, -0.25) is 0 Å². The third-order valence-corrected chi connectivity index (χ3v) is 2.78. The topological polar surface area (TPSA) is 44.1 Å². The highest BCUT2D eigenvalue weighted by Crippen LogP contribution is 2.37. The van der Waals surface area contributed by atoms with Crippen LogP contribution in [0.1, 0.15) is 11.1 Å². The number of aromatic nitrogens is 2. The average molecular weight is 350 g/mol. The van der Waals surface area contributed by atoms with E-state index in [1.807, 2.05) is 0 Å². The molecule has 1 aromatic heterocycles. The van der Waals surface area contributed by atoms with Crippen molar-refractivity contribution in [3.8, 4) is 11.4 Å². The van der Waals surface area contributed by atoms with Crippen LogP contribution in [0.3, 0.4) is 0 Å². The Kier molecular flexibility index (Phi) is 4.41. The molecule has 0 bridgehead atoms. The number of halogens is 6. The molecular weight excluding hydrogens is 342 g/mol. The Hall–Kier alpha value is -2.78. The van der Waals surface area contributed by atoms with E-state index < -0.39 is 35.1 Å². The van der Waals surface area contributed by atoms with Gasteiger partial charge in [0, 0.05) is 6.08 Å². The van der Waals surface area contributed by atoms with E-state index in [4.69, 9.17) is 0 Å². The summed E-state index contributed by atoms with van der Waals surface area (Å²) in [4.78, 5) is 11.0. The Morgan fingerprint density at radius 3 is 2.08 bits per heavy atom. The number of hydrogen-bond donors (Lipinski definition) is 0. The highest BCUT2D eigenvalue weighted by molar-refractivity contribution is 5.83. The second kappa shape index (κ2) is 6.02. The van der Waals surface area contributed by atoms with Crippen molar-refractivity contribution in [3.05, 3.63) is 54.4 Å². The van der Waals surface area contributed by atoms with Crippen LogP contribution in [0.5, 0.6) is 5.75 Å². The minimum atomic E-state index is -4.97. The summed E-state index contributed by atoms with van der Waals surface area (Å²) in [6.45, 7) is 3.15. The second-order valence-corrected chi connectivity index (χ2v) is 4.51. The summed E-state index contributed by atoms with van der Waals surface area (Å²) in [6.07, 6.45) is -7.17. The lowest BCUT2D eigenvalue weighted by molar-refractivity contribution is -0.143. The Labute approximate surface area is 130 Å². The van der Waals surface area contributed by atoms with Crippen molar-refractivity contribution in [2.75, 3.05) is 0 Å². The van der Waals surface area contributed by atoms with E-state index in [2.05, 4.69) is 16.4 Å². The maximum Gasteiger partial charge on any atom is 0.416 e. The van der Waals surface area contributed by atoms with E-state index in [1.54, 1.807) is 0 Å². The predicted molar refractivity (Wildman–Crippen MR) is 69.4 cm³/mol. The molecular formula is C14H8F6N2O2. The predicted octanol–water partition coefficient (Wildman–Crippen LogP) is 4.00. The summed E-state index contributed by atoms with van der Waals surface area (Å²) in [6, 6.07) is 1.01. The Morgan fingerprint density at radius 1 is 1.08 bits per heavy atom. The number of carbonyl (C=O) groups is 1. The molecule has 0 saturated heterocycles. The molecule has 128 valence electrons. The van der Waals surface area contributed by atoms with Gasteiger partial charge in [-0.15, -0.1) is 0 Å². The minimum Gasteiger partial charge on any atom is -0.420 e. The maximum absolute atomic E-state index is 12.8.